The Kier molecular flexibility index (Phi) is 6.40. The van der Waals surface area contributed by atoms with Crippen molar-refractivity contribution in [3.8, 4) is 11.1 Å². The average molecular weight is 499 g/mol. The molecule has 1 aliphatic rings. The van der Waals surface area contributed by atoms with Crippen LogP contribution in [-0.4, -0.2) is 22.3 Å². The highest BCUT2D eigenvalue weighted by Gasteiger charge is 2.51. The van der Waals surface area contributed by atoms with Crippen molar-refractivity contribution in [3.63, 3.8) is 0 Å². The third-order valence-electron chi connectivity index (χ3n) is 5.81. The zero-order chi connectivity index (χ0) is 25.5. The molecule has 1 aliphatic carbocycles. The number of alkyl halides is 2. The van der Waals surface area contributed by atoms with Gasteiger partial charge in [0.1, 0.15) is 11.8 Å². The van der Waals surface area contributed by atoms with Gasteiger partial charge in [0.25, 0.3) is 0 Å². The molecule has 0 saturated carbocycles. The topological polar surface area (TPSA) is 82.3 Å². The maximum absolute atomic E-state index is 15.9. The van der Waals surface area contributed by atoms with Crippen molar-refractivity contribution in [1.29, 1.82) is 0 Å². The van der Waals surface area contributed by atoms with Crippen LogP contribution < -0.4 is 5.73 Å². The molecule has 2 atom stereocenters. The Labute approximate surface area is 207 Å². The monoisotopic (exact) mass is 498 g/mol. The largest absolute Gasteiger partial charge is 0.456 e. The Hall–Kier alpha value is -3.32. The summed E-state index contributed by atoms with van der Waals surface area (Å²) in [5, 5.41) is 0.444. The van der Waals surface area contributed by atoms with Crippen LogP contribution in [0.1, 0.15) is 60.5 Å². The number of carbonyl (C=O) groups excluding carboxylic acids is 2. The van der Waals surface area contributed by atoms with E-state index in [1.165, 1.54) is 24.4 Å². The molecule has 1 aromatic heterocycles. The number of nitrogens with zero attached hydrogens (tertiary/aromatic N) is 1. The first-order chi connectivity index (χ1) is 16.4. The highest BCUT2D eigenvalue weighted by molar-refractivity contribution is 6.31. The third kappa shape index (κ3) is 5.05. The van der Waals surface area contributed by atoms with E-state index in [2.05, 4.69) is 4.98 Å². The van der Waals surface area contributed by atoms with E-state index in [9.17, 15) is 14.0 Å². The Balaban J connectivity index is 1.56. The molecule has 182 valence electrons. The molecule has 0 aliphatic heterocycles. The number of nitrogen functional groups attached to an aromatic ring is 1. The number of aromatic nitrogens is 1. The normalized spacial score (nSPS) is 19.3. The Morgan fingerprint density at radius 1 is 1.17 bits per heavy atom. The van der Waals surface area contributed by atoms with E-state index >= 15 is 4.39 Å². The molecule has 0 radical (unpaired) electrons. The predicted octanol–water partition coefficient (Wildman–Crippen LogP) is 6.33. The lowest BCUT2D eigenvalue weighted by Gasteiger charge is -2.20. The highest BCUT2D eigenvalue weighted by atomic mass is 35.5. The van der Waals surface area contributed by atoms with E-state index in [0.29, 0.717) is 33.0 Å². The number of fused-ring (bicyclic) bond motifs is 1. The number of Topliss-reactive ketones (excluding diaryl/α,β-unsaturated/α-hetero) is 1. The molecule has 1 heterocycles. The zero-order valence-corrected chi connectivity index (χ0v) is 20.3. The van der Waals surface area contributed by atoms with E-state index < -0.39 is 35.6 Å². The Morgan fingerprint density at radius 2 is 1.86 bits per heavy atom. The quantitative estimate of drug-likeness (QED) is 0.328. The molecule has 0 fully saturated rings. The van der Waals surface area contributed by atoms with E-state index in [1.54, 1.807) is 51.1 Å². The minimum Gasteiger partial charge on any atom is -0.456 e. The van der Waals surface area contributed by atoms with Crippen LogP contribution in [0.25, 0.3) is 11.1 Å². The fourth-order valence-corrected chi connectivity index (χ4v) is 4.27. The van der Waals surface area contributed by atoms with Gasteiger partial charge in [-0.25, -0.2) is 13.6 Å². The second-order valence-electron chi connectivity index (χ2n) is 9.66. The smallest absolute Gasteiger partial charge is 0.338 e. The summed E-state index contributed by atoms with van der Waals surface area (Å²) in [7, 11) is 0. The first-order valence-electron chi connectivity index (χ1n) is 11.1. The molecule has 0 amide bonds. The van der Waals surface area contributed by atoms with Crippen molar-refractivity contribution in [2.24, 2.45) is 0 Å². The number of hydrogen-bond donors (Lipinski definition) is 1. The van der Waals surface area contributed by atoms with Crippen molar-refractivity contribution in [1.82, 2.24) is 4.98 Å². The lowest BCUT2D eigenvalue weighted by molar-refractivity contribution is -0.131. The summed E-state index contributed by atoms with van der Waals surface area (Å²) in [5.74, 6) is -1.30. The van der Waals surface area contributed by atoms with Gasteiger partial charge in [0.2, 0.25) is 5.67 Å². The molecule has 0 saturated heterocycles. The SMILES string of the molecule is CC(C)(C)OC(=O)c1ccc(CC(=O)C2(F)CC(F)c3cc(-c4cc(Cl)ccc4N)cnc32)cc1. The minimum atomic E-state index is -2.56. The molecule has 35 heavy (non-hydrogen) atoms. The van der Waals surface area contributed by atoms with Crippen LogP contribution in [0.2, 0.25) is 5.02 Å². The van der Waals surface area contributed by atoms with Crippen LogP contribution >= 0.6 is 11.6 Å². The van der Waals surface area contributed by atoms with Gasteiger partial charge < -0.3 is 10.5 Å². The van der Waals surface area contributed by atoms with Gasteiger partial charge in [-0.05, 0) is 62.7 Å². The van der Waals surface area contributed by atoms with E-state index in [4.69, 9.17) is 22.1 Å². The van der Waals surface area contributed by atoms with E-state index in [0.717, 1.165) is 0 Å². The predicted molar refractivity (Wildman–Crippen MR) is 131 cm³/mol. The van der Waals surface area contributed by atoms with Gasteiger partial charge in [0.15, 0.2) is 5.78 Å². The molecule has 0 bridgehead atoms. The number of pyridine rings is 1. The summed E-state index contributed by atoms with van der Waals surface area (Å²) in [6, 6.07) is 12.5. The lowest BCUT2D eigenvalue weighted by atomic mass is 9.92. The van der Waals surface area contributed by atoms with Crippen LogP contribution in [0.4, 0.5) is 14.5 Å². The van der Waals surface area contributed by atoms with E-state index in [1.807, 2.05) is 0 Å². The Bertz CT molecular complexity index is 1300. The van der Waals surface area contributed by atoms with E-state index in [-0.39, 0.29) is 17.7 Å². The van der Waals surface area contributed by atoms with Gasteiger partial charge in [0, 0.05) is 46.4 Å². The second-order valence-corrected chi connectivity index (χ2v) is 10.1. The summed E-state index contributed by atoms with van der Waals surface area (Å²) in [6.07, 6.45) is -1.24. The number of carbonyl (C=O) groups is 2. The average Bonchev–Trinajstić information content (AvgIpc) is 3.05. The summed E-state index contributed by atoms with van der Waals surface area (Å²) < 4.78 is 36.2. The standard InChI is InChI=1S/C27H25ClF2N2O3/c1-26(2,3)35-25(34)16-6-4-15(5-7-16)10-23(33)27(30)13-21(29)20-11-17(14-32-24(20)27)19-12-18(28)8-9-22(19)31/h4-9,11-12,14,21H,10,13,31H2,1-3H3. The van der Waals surface area contributed by atoms with Crippen molar-refractivity contribution >= 4 is 29.0 Å². The van der Waals surface area contributed by atoms with Crippen molar-refractivity contribution in [2.75, 3.05) is 5.73 Å². The fourth-order valence-electron chi connectivity index (χ4n) is 4.10. The Morgan fingerprint density at radius 3 is 2.51 bits per heavy atom. The number of benzene rings is 2. The molecular weight excluding hydrogens is 474 g/mol. The summed E-state index contributed by atoms with van der Waals surface area (Å²) in [4.78, 5) is 29.3. The van der Waals surface area contributed by atoms with Crippen LogP contribution in [0, 0.1) is 0 Å². The molecule has 2 N–H and O–H groups in total. The summed E-state index contributed by atoms with van der Waals surface area (Å²) in [6.45, 7) is 5.28. The fraction of sp³-hybridized carbons (Fsp3) is 0.296. The molecule has 4 rings (SSSR count). The number of rotatable bonds is 5. The molecule has 2 aromatic carbocycles. The van der Waals surface area contributed by atoms with Gasteiger partial charge in [-0.2, -0.15) is 0 Å². The number of esters is 1. The number of halogens is 3. The van der Waals surface area contributed by atoms with Gasteiger partial charge in [-0.3, -0.25) is 9.78 Å². The molecule has 8 heteroatoms. The molecular formula is C27H25ClF2N2O3. The number of anilines is 1. The van der Waals surface area contributed by atoms with Crippen molar-refractivity contribution in [3.05, 3.63) is 82.1 Å². The zero-order valence-electron chi connectivity index (χ0n) is 19.6. The number of ketones is 1. The van der Waals surface area contributed by atoms with Gasteiger partial charge in [0.05, 0.1) is 11.3 Å². The van der Waals surface area contributed by atoms with Crippen molar-refractivity contribution < 1.29 is 23.1 Å². The minimum absolute atomic E-state index is 0.0259. The molecule has 2 unspecified atom stereocenters. The first-order valence-corrected chi connectivity index (χ1v) is 11.5. The molecule has 5 nitrogen and oxygen atoms in total. The van der Waals surface area contributed by atoms with Crippen LogP contribution in [0.3, 0.4) is 0 Å². The van der Waals surface area contributed by atoms with Crippen LogP contribution in [0.5, 0.6) is 0 Å². The number of ether oxygens (including phenoxy) is 1. The maximum Gasteiger partial charge on any atom is 0.338 e. The lowest BCUT2D eigenvalue weighted by Crippen LogP contribution is -2.31. The summed E-state index contributed by atoms with van der Waals surface area (Å²) in [5.41, 5.74) is 4.88. The first kappa shape index (κ1) is 24.8. The van der Waals surface area contributed by atoms with Gasteiger partial charge in [-0.1, -0.05) is 23.7 Å². The maximum atomic E-state index is 15.9. The number of nitrogens with two attached hydrogens (primary N) is 1. The summed E-state index contributed by atoms with van der Waals surface area (Å²) >= 11 is 6.05. The molecule has 3 aromatic rings. The van der Waals surface area contributed by atoms with Gasteiger partial charge >= 0.3 is 5.97 Å². The van der Waals surface area contributed by atoms with Gasteiger partial charge in [-0.15, -0.1) is 0 Å². The third-order valence-corrected chi connectivity index (χ3v) is 6.05. The second kappa shape index (κ2) is 9.04. The molecule has 0 spiro atoms. The number of hydrogen-bond acceptors (Lipinski definition) is 5. The van der Waals surface area contributed by atoms with Crippen LogP contribution in [-0.2, 0) is 21.6 Å². The van der Waals surface area contributed by atoms with Crippen LogP contribution in [0.15, 0.2) is 54.7 Å². The highest BCUT2D eigenvalue weighted by Crippen LogP contribution is 2.49. The van der Waals surface area contributed by atoms with Crippen molar-refractivity contribution in [2.45, 2.75) is 51.1 Å².